The van der Waals surface area contributed by atoms with Gasteiger partial charge in [-0.05, 0) is 31.0 Å². The van der Waals surface area contributed by atoms with Gasteiger partial charge < -0.3 is 15.3 Å². The van der Waals surface area contributed by atoms with Crippen molar-refractivity contribution in [3.05, 3.63) is 29.6 Å². The molecule has 1 heterocycles. The number of likely N-dealkylation sites (tertiary alicyclic amines) is 1. The fourth-order valence-corrected chi connectivity index (χ4v) is 2.62. The van der Waals surface area contributed by atoms with Crippen LogP contribution in [0.25, 0.3) is 0 Å². The largest absolute Gasteiger partial charge is 0.508 e. The molecular weight excluding hydrogens is 271 g/mol. The van der Waals surface area contributed by atoms with E-state index in [1.165, 1.54) is 18.2 Å². The Morgan fingerprint density at radius 1 is 1.43 bits per heavy atom. The van der Waals surface area contributed by atoms with Crippen LogP contribution in [0.1, 0.15) is 32.3 Å². The highest BCUT2D eigenvalue weighted by molar-refractivity contribution is 5.78. The average Bonchev–Trinajstić information content (AvgIpc) is 2.48. The minimum atomic E-state index is -0.345. The Balaban J connectivity index is 1.81. The van der Waals surface area contributed by atoms with E-state index in [1.54, 1.807) is 0 Å². The fraction of sp³-hybridized carbons (Fsp3) is 0.562. The number of aromatic hydroxyl groups is 1. The molecule has 4 nitrogen and oxygen atoms in total. The summed E-state index contributed by atoms with van der Waals surface area (Å²) in [7, 11) is 0. The molecule has 0 aliphatic carbocycles. The Morgan fingerprint density at radius 2 is 2.10 bits per heavy atom. The quantitative estimate of drug-likeness (QED) is 0.895. The molecule has 116 valence electrons. The molecular formula is C16H23FN2O2. The molecule has 0 radical (unpaired) electrons. The van der Waals surface area contributed by atoms with Gasteiger partial charge in [-0.1, -0.05) is 13.8 Å². The maximum absolute atomic E-state index is 13.1. The van der Waals surface area contributed by atoms with E-state index < -0.39 is 0 Å². The van der Waals surface area contributed by atoms with Gasteiger partial charge in [0.25, 0.3) is 0 Å². The Kier molecular flexibility index (Phi) is 5.17. The van der Waals surface area contributed by atoms with E-state index in [9.17, 15) is 14.3 Å². The molecule has 1 aromatic carbocycles. The molecule has 2 rings (SSSR count). The van der Waals surface area contributed by atoms with Crippen molar-refractivity contribution in [1.29, 1.82) is 0 Å². The summed E-state index contributed by atoms with van der Waals surface area (Å²) in [6.07, 6.45) is 1.77. The van der Waals surface area contributed by atoms with Crippen molar-refractivity contribution in [2.24, 2.45) is 5.92 Å². The van der Waals surface area contributed by atoms with Gasteiger partial charge in [0.1, 0.15) is 11.6 Å². The third-order valence-corrected chi connectivity index (χ3v) is 3.92. The van der Waals surface area contributed by atoms with Crippen molar-refractivity contribution in [1.82, 2.24) is 10.2 Å². The van der Waals surface area contributed by atoms with E-state index in [0.717, 1.165) is 25.9 Å². The van der Waals surface area contributed by atoms with E-state index >= 15 is 0 Å². The molecule has 1 aromatic rings. The van der Waals surface area contributed by atoms with Crippen LogP contribution in [-0.2, 0) is 11.3 Å². The molecule has 1 fully saturated rings. The highest BCUT2D eigenvalue weighted by Gasteiger charge is 2.23. The van der Waals surface area contributed by atoms with Gasteiger partial charge in [-0.25, -0.2) is 4.39 Å². The number of nitrogens with one attached hydrogen (secondary N) is 1. The fourth-order valence-electron chi connectivity index (χ4n) is 2.62. The summed E-state index contributed by atoms with van der Waals surface area (Å²) in [4.78, 5) is 13.8. The number of carbonyl (C=O) groups is 1. The summed E-state index contributed by atoms with van der Waals surface area (Å²) in [6, 6.07) is 4.26. The van der Waals surface area contributed by atoms with Gasteiger partial charge in [0.05, 0.1) is 0 Å². The van der Waals surface area contributed by atoms with Gasteiger partial charge in [0.15, 0.2) is 0 Å². The van der Waals surface area contributed by atoms with Crippen molar-refractivity contribution in [2.75, 3.05) is 13.1 Å². The molecule has 1 aliphatic heterocycles. The third-order valence-electron chi connectivity index (χ3n) is 3.92. The van der Waals surface area contributed by atoms with Crippen molar-refractivity contribution < 1.29 is 14.3 Å². The first-order valence-electron chi connectivity index (χ1n) is 7.47. The van der Waals surface area contributed by atoms with E-state index in [1.807, 2.05) is 18.7 Å². The Bertz CT molecular complexity index is 497. The smallest absolute Gasteiger partial charge is 0.225 e. The molecule has 0 atom stereocenters. The van der Waals surface area contributed by atoms with Crippen LogP contribution < -0.4 is 5.32 Å². The van der Waals surface area contributed by atoms with Crippen LogP contribution in [-0.4, -0.2) is 35.0 Å². The van der Waals surface area contributed by atoms with Crippen LogP contribution in [0.15, 0.2) is 18.2 Å². The first kappa shape index (κ1) is 15.8. The highest BCUT2D eigenvalue weighted by Crippen LogP contribution is 2.19. The normalized spacial score (nSPS) is 16.5. The number of piperidine rings is 1. The van der Waals surface area contributed by atoms with Gasteiger partial charge >= 0.3 is 0 Å². The van der Waals surface area contributed by atoms with Crippen LogP contribution in [0.2, 0.25) is 0 Å². The average molecular weight is 294 g/mol. The number of phenolic OH excluding ortho intramolecular Hbond substituents is 1. The molecule has 2 N–H and O–H groups in total. The minimum Gasteiger partial charge on any atom is -0.508 e. The first-order chi connectivity index (χ1) is 9.97. The second-order valence-electron chi connectivity index (χ2n) is 5.91. The SMILES string of the molecule is CC(C)C(=O)N1CCC(NCc2cc(F)ccc2O)CC1. The van der Waals surface area contributed by atoms with Crippen molar-refractivity contribution in [2.45, 2.75) is 39.3 Å². The lowest BCUT2D eigenvalue weighted by molar-refractivity contribution is -0.135. The predicted octanol–water partition coefficient (Wildman–Crippen LogP) is 2.27. The number of hydrogen-bond donors (Lipinski definition) is 2. The van der Waals surface area contributed by atoms with Crippen molar-refractivity contribution in [3.63, 3.8) is 0 Å². The van der Waals surface area contributed by atoms with Crippen LogP contribution in [0.5, 0.6) is 5.75 Å². The summed E-state index contributed by atoms with van der Waals surface area (Å²) >= 11 is 0. The van der Waals surface area contributed by atoms with Crippen molar-refractivity contribution in [3.8, 4) is 5.75 Å². The second kappa shape index (κ2) is 6.89. The molecule has 1 amide bonds. The zero-order valence-corrected chi connectivity index (χ0v) is 12.6. The maximum Gasteiger partial charge on any atom is 0.225 e. The lowest BCUT2D eigenvalue weighted by Crippen LogP contribution is -2.45. The number of halogens is 1. The van der Waals surface area contributed by atoms with Gasteiger partial charge in [-0.15, -0.1) is 0 Å². The number of nitrogens with zero attached hydrogens (tertiary/aromatic N) is 1. The van der Waals surface area contributed by atoms with Gasteiger partial charge in [0.2, 0.25) is 5.91 Å². The molecule has 1 aliphatic rings. The van der Waals surface area contributed by atoms with Gasteiger partial charge in [0, 0.05) is 37.2 Å². The number of phenols is 1. The summed E-state index contributed by atoms with van der Waals surface area (Å²) < 4.78 is 13.1. The lowest BCUT2D eigenvalue weighted by Gasteiger charge is -2.33. The molecule has 0 unspecified atom stereocenters. The van der Waals surface area contributed by atoms with E-state index in [2.05, 4.69) is 5.32 Å². The lowest BCUT2D eigenvalue weighted by atomic mass is 10.0. The number of benzene rings is 1. The molecule has 0 bridgehead atoms. The second-order valence-corrected chi connectivity index (χ2v) is 5.91. The summed E-state index contributed by atoms with van der Waals surface area (Å²) in [6.45, 7) is 5.78. The van der Waals surface area contributed by atoms with E-state index in [4.69, 9.17) is 0 Å². The van der Waals surface area contributed by atoms with Gasteiger partial charge in [-0.2, -0.15) is 0 Å². The molecule has 0 saturated carbocycles. The Morgan fingerprint density at radius 3 is 2.71 bits per heavy atom. The molecule has 0 aromatic heterocycles. The summed E-state index contributed by atoms with van der Waals surface area (Å²) in [5, 5.41) is 13.0. The first-order valence-corrected chi connectivity index (χ1v) is 7.47. The molecule has 5 heteroatoms. The van der Waals surface area contributed by atoms with Crippen LogP contribution >= 0.6 is 0 Å². The monoisotopic (exact) mass is 294 g/mol. The van der Waals surface area contributed by atoms with Gasteiger partial charge in [-0.3, -0.25) is 4.79 Å². The van der Waals surface area contributed by atoms with Crippen LogP contribution in [0.3, 0.4) is 0 Å². The molecule has 21 heavy (non-hydrogen) atoms. The molecule has 1 saturated heterocycles. The third kappa shape index (κ3) is 4.17. The van der Waals surface area contributed by atoms with Crippen molar-refractivity contribution >= 4 is 5.91 Å². The Hall–Kier alpha value is -1.62. The zero-order chi connectivity index (χ0) is 15.4. The zero-order valence-electron chi connectivity index (χ0n) is 12.6. The van der Waals surface area contributed by atoms with Crippen LogP contribution in [0, 0.1) is 11.7 Å². The Labute approximate surface area is 125 Å². The number of amides is 1. The predicted molar refractivity (Wildman–Crippen MR) is 79.3 cm³/mol. The summed E-state index contributed by atoms with van der Waals surface area (Å²) in [5.74, 6) is 0.00764. The maximum atomic E-state index is 13.1. The number of hydrogen-bond acceptors (Lipinski definition) is 3. The minimum absolute atomic E-state index is 0.0405. The molecule has 0 spiro atoms. The van der Waals surface area contributed by atoms with E-state index in [0.29, 0.717) is 18.2 Å². The number of rotatable bonds is 4. The van der Waals surface area contributed by atoms with E-state index in [-0.39, 0.29) is 23.4 Å². The number of carbonyl (C=O) groups excluding carboxylic acids is 1. The standard InChI is InChI=1S/C16H23FN2O2/c1-11(2)16(21)19-7-5-14(6-8-19)18-10-12-9-13(17)3-4-15(12)20/h3-4,9,11,14,18,20H,5-8,10H2,1-2H3. The topological polar surface area (TPSA) is 52.6 Å². The highest BCUT2D eigenvalue weighted by atomic mass is 19.1. The van der Waals surface area contributed by atoms with Crippen LogP contribution in [0.4, 0.5) is 4.39 Å². The summed E-state index contributed by atoms with van der Waals surface area (Å²) in [5.41, 5.74) is 0.565.